The van der Waals surface area contributed by atoms with Crippen molar-refractivity contribution in [3.8, 4) is 0 Å². The molecule has 3 N–H and O–H groups in total. The minimum absolute atomic E-state index is 0.0867. The molecule has 0 aliphatic carbocycles. The van der Waals surface area contributed by atoms with Crippen molar-refractivity contribution in [1.29, 1.82) is 0 Å². The van der Waals surface area contributed by atoms with Crippen LogP contribution >= 0.6 is 23.3 Å². The number of nitrogens with one attached hydrogen (secondary N) is 1. The molecule has 58 heavy (non-hydrogen) atoms. The number of carbonyl (C=O) groups is 4. The van der Waals surface area contributed by atoms with E-state index in [0.717, 1.165) is 28.2 Å². The number of nitrogens with two attached hydrogens (primary N) is 1. The van der Waals surface area contributed by atoms with E-state index in [-0.39, 0.29) is 33.7 Å². The predicted molar refractivity (Wildman–Crippen MR) is 220 cm³/mol. The maximum Gasteiger partial charge on any atom is 0.356 e. The molecular weight excluding hydrogens is 773 g/mol. The highest BCUT2D eigenvalue weighted by atomic mass is 32.2. The molecule has 2 amide bonds. The summed E-state index contributed by atoms with van der Waals surface area (Å²) in [5.41, 5.74) is 7.82. The second-order valence-electron chi connectivity index (χ2n) is 13.2. The number of hydrogen-bond donors (Lipinski definition) is 2. The summed E-state index contributed by atoms with van der Waals surface area (Å²) in [4.78, 5) is 66.7. The lowest BCUT2D eigenvalue weighted by Crippen LogP contribution is -2.71. The number of amides is 2. The number of β-lactam (4-membered cyclic amide) rings is 1. The van der Waals surface area contributed by atoms with Crippen molar-refractivity contribution in [3.63, 3.8) is 0 Å². The zero-order valence-corrected chi connectivity index (χ0v) is 32.2. The average Bonchev–Trinajstić information content (AvgIpc) is 3.72. The minimum Gasteiger partial charge on any atom is -0.448 e. The molecule has 2 aliphatic rings. The number of anilines is 1. The highest BCUT2D eigenvalue weighted by Gasteiger charge is 2.55. The first-order valence-electron chi connectivity index (χ1n) is 18.2. The van der Waals surface area contributed by atoms with E-state index in [1.54, 1.807) is 0 Å². The van der Waals surface area contributed by atoms with Crippen LogP contribution in [0.3, 0.4) is 0 Å². The maximum atomic E-state index is 14.3. The molecule has 12 nitrogen and oxygen atoms in total. The van der Waals surface area contributed by atoms with Crippen LogP contribution in [0.25, 0.3) is 0 Å². The fourth-order valence-electron chi connectivity index (χ4n) is 6.99. The van der Waals surface area contributed by atoms with E-state index in [1.807, 2.05) is 152 Å². The molecule has 288 valence electrons. The Labute approximate surface area is 341 Å². The minimum atomic E-state index is -1.35. The van der Waals surface area contributed by atoms with Crippen molar-refractivity contribution in [3.05, 3.63) is 197 Å². The first kappa shape index (κ1) is 38.0. The van der Waals surface area contributed by atoms with Gasteiger partial charge in [-0.05, 0) is 11.1 Å². The lowest BCUT2D eigenvalue weighted by atomic mass is 9.80. The van der Waals surface area contributed by atoms with Gasteiger partial charge in [0.15, 0.2) is 11.2 Å². The summed E-state index contributed by atoms with van der Waals surface area (Å²) < 4.78 is 10.3. The van der Waals surface area contributed by atoms with E-state index in [2.05, 4.69) is 19.8 Å². The third-order valence-corrected chi connectivity index (χ3v) is 11.6. The van der Waals surface area contributed by atoms with E-state index < -0.39 is 40.9 Å². The molecule has 14 heteroatoms. The Morgan fingerprint density at radius 3 is 1.78 bits per heavy atom. The first-order valence-corrected chi connectivity index (χ1v) is 20.0. The molecule has 3 heterocycles. The zero-order valence-electron chi connectivity index (χ0n) is 30.6. The molecule has 1 fully saturated rings. The predicted octanol–water partition coefficient (Wildman–Crippen LogP) is 6.02. The Kier molecular flexibility index (Phi) is 10.9. The van der Waals surface area contributed by atoms with Crippen LogP contribution < -0.4 is 11.1 Å². The van der Waals surface area contributed by atoms with Crippen molar-refractivity contribution >= 4 is 58.2 Å². The quantitative estimate of drug-likeness (QED) is 0.0352. The van der Waals surface area contributed by atoms with E-state index >= 15 is 0 Å². The summed E-state index contributed by atoms with van der Waals surface area (Å²) in [5, 5.41) is 6.59. The molecular formula is C44H34N6O6S2. The number of rotatable bonds is 13. The van der Waals surface area contributed by atoms with Gasteiger partial charge in [0, 0.05) is 39.5 Å². The Balaban J connectivity index is 1.10. The second-order valence-corrected chi connectivity index (χ2v) is 15.1. The summed E-state index contributed by atoms with van der Waals surface area (Å²) in [5.74, 6) is -2.30. The SMILES string of the molecule is Nc1nc(/C(=N/OC(c2ccccc2)(c2ccccc2)c2ccccc2)C(=O)N[C@@H]2C(=O)N3C(C(=O)OC(c4ccccc4)c4ccccc4)=C(C=O)CS[C@H]23)ns1. The highest BCUT2D eigenvalue weighted by Crippen LogP contribution is 2.43. The molecule has 0 bridgehead atoms. The van der Waals surface area contributed by atoms with Crippen LogP contribution in [0.15, 0.2) is 168 Å². The van der Waals surface area contributed by atoms with Gasteiger partial charge in [-0.1, -0.05) is 157 Å². The van der Waals surface area contributed by atoms with Crippen molar-refractivity contribution in [1.82, 2.24) is 19.6 Å². The molecule has 0 saturated carbocycles. The number of oxime groups is 1. The largest absolute Gasteiger partial charge is 0.448 e. The van der Waals surface area contributed by atoms with Gasteiger partial charge in [-0.25, -0.2) is 4.79 Å². The van der Waals surface area contributed by atoms with E-state index in [0.29, 0.717) is 17.4 Å². The molecule has 5 aromatic carbocycles. The van der Waals surface area contributed by atoms with Crippen molar-refractivity contribution in [2.75, 3.05) is 11.5 Å². The molecule has 8 rings (SSSR count). The third kappa shape index (κ3) is 7.26. The number of aromatic nitrogens is 2. The number of ether oxygens (including phenoxy) is 1. The number of thioether (sulfide) groups is 1. The number of hydrogen-bond acceptors (Lipinski definition) is 12. The van der Waals surface area contributed by atoms with Crippen LogP contribution in [0.5, 0.6) is 0 Å². The zero-order chi connectivity index (χ0) is 40.1. The molecule has 0 radical (unpaired) electrons. The lowest BCUT2D eigenvalue weighted by Gasteiger charge is -2.49. The van der Waals surface area contributed by atoms with E-state index in [1.165, 1.54) is 16.7 Å². The number of benzene rings is 5. The lowest BCUT2D eigenvalue weighted by molar-refractivity contribution is -0.154. The van der Waals surface area contributed by atoms with Gasteiger partial charge in [0.1, 0.15) is 23.4 Å². The van der Waals surface area contributed by atoms with Gasteiger partial charge in [0.05, 0.1) is 0 Å². The summed E-state index contributed by atoms with van der Waals surface area (Å²) in [7, 11) is 0. The van der Waals surface area contributed by atoms with Gasteiger partial charge in [0.25, 0.3) is 11.8 Å². The Morgan fingerprint density at radius 1 is 0.810 bits per heavy atom. The number of nitrogens with zero attached hydrogens (tertiary/aromatic N) is 4. The number of carbonyl (C=O) groups excluding carboxylic acids is 4. The summed E-state index contributed by atoms with van der Waals surface area (Å²) >= 11 is 2.09. The monoisotopic (exact) mass is 806 g/mol. The van der Waals surface area contributed by atoms with Crippen molar-refractivity contribution < 1.29 is 28.8 Å². The van der Waals surface area contributed by atoms with Gasteiger partial charge in [-0.15, -0.1) is 11.8 Å². The molecule has 1 saturated heterocycles. The second kappa shape index (κ2) is 16.7. The first-order chi connectivity index (χ1) is 28.4. The standard InChI is InChI=1S/C44H34N6O6S2/c45-43-47-38(49-58-43)34(48-56-44(31-20-10-3-11-21-31,32-22-12-4-13-23-32)33-24-14-5-15-25-33)39(52)46-35-40(53)50-36(30(26-51)27-57-41(35)50)42(54)55-37(28-16-6-1-7-17-28)29-18-8-2-9-19-29/h1-26,35,37,41H,27H2,(H,46,52)(H2,45,47,49)/b48-34-/t35-,41-/m1/s1. The Hall–Kier alpha value is -6.90. The van der Waals surface area contributed by atoms with Gasteiger partial charge in [0.2, 0.25) is 17.1 Å². The van der Waals surface area contributed by atoms with Crippen molar-refractivity contribution in [2.24, 2.45) is 5.16 Å². The van der Waals surface area contributed by atoms with Gasteiger partial charge >= 0.3 is 5.97 Å². The fourth-order valence-corrected chi connectivity index (χ4v) is 8.71. The number of fused-ring (bicyclic) bond motifs is 1. The van der Waals surface area contributed by atoms with Gasteiger partial charge in [-0.3, -0.25) is 19.3 Å². The summed E-state index contributed by atoms with van der Waals surface area (Å²) in [6, 6.07) is 45.6. The van der Waals surface area contributed by atoms with Crippen LogP contribution in [0.1, 0.15) is 39.7 Å². The van der Waals surface area contributed by atoms with Crippen LogP contribution in [-0.4, -0.2) is 61.2 Å². The number of esters is 1. The molecule has 0 spiro atoms. The smallest absolute Gasteiger partial charge is 0.356 e. The Morgan fingerprint density at radius 2 is 1.31 bits per heavy atom. The third-order valence-electron chi connectivity index (χ3n) is 9.73. The van der Waals surface area contributed by atoms with Crippen LogP contribution in [0.4, 0.5) is 5.13 Å². The molecule has 0 unspecified atom stereocenters. The van der Waals surface area contributed by atoms with Gasteiger partial charge in [-0.2, -0.15) is 9.36 Å². The number of aldehydes is 1. The fraction of sp³-hybridized carbons (Fsp3) is 0.114. The summed E-state index contributed by atoms with van der Waals surface area (Å²) in [6.45, 7) is 0. The van der Waals surface area contributed by atoms with Gasteiger partial charge < -0.3 is 20.6 Å². The molecule has 1 aromatic heterocycles. The van der Waals surface area contributed by atoms with E-state index in [4.69, 9.17) is 15.3 Å². The summed E-state index contributed by atoms with van der Waals surface area (Å²) in [6.07, 6.45) is -0.264. The van der Waals surface area contributed by atoms with E-state index in [9.17, 15) is 19.2 Å². The normalized spacial score (nSPS) is 16.6. The Bertz CT molecular complexity index is 2370. The molecule has 6 aromatic rings. The molecule has 2 aliphatic heterocycles. The molecule has 2 atom stereocenters. The average molecular weight is 807 g/mol. The maximum absolute atomic E-state index is 14.3. The topological polar surface area (TPSA) is 166 Å². The van der Waals surface area contributed by atoms with Crippen LogP contribution in [0, 0.1) is 0 Å². The number of nitrogen functional groups attached to an aromatic ring is 1. The highest BCUT2D eigenvalue weighted by molar-refractivity contribution is 8.00. The van der Waals surface area contributed by atoms with Crippen molar-refractivity contribution in [2.45, 2.75) is 23.1 Å². The van der Waals surface area contributed by atoms with Crippen LogP contribution in [0.2, 0.25) is 0 Å². The van der Waals surface area contributed by atoms with Crippen LogP contribution in [-0.2, 0) is 34.4 Å².